The number of nitrogens with one attached hydrogen (secondary N) is 2. The van der Waals surface area contributed by atoms with Gasteiger partial charge in [-0.3, -0.25) is 4.79 Å². The van der Waals surface area contributed by atoms with Gasteiger partial charge in [-0.05, 0) is 24.3 Å². The first-order valence-electron chi connectivity index (χ1n) is 9.47. The van der Waals surface area contributed by atoms with E-state index in [4.69, 9.17) is 14.5 Å². The lowest BCUT2D eigenvalue weighted by Gasteiger charge is -2.13. The Morgan fingerprint density at radius 3 is 2.74 bits per heavy atom. The standard InChI is InChI=1S/C22H18N6O3/c1-30-18-6-4-14(10-19(18)31-2)25-21-22-23-7-8-28(22)12-17(27-21)13-3-5-15-16(9-13)26-20(29)11-24-15/h3-12H,1-2H3,(H,25,27)(H,26,29). The van der Waals surface area contributed by atoms with E-state index < -0.39 is 0 Å². The molecule has 3 aromatic heterocycles. The number of aromatic nitrogens is 5. The van der Waals surface area contributed by atoms with Crippen molar-refractivity contribution in [2.45, 2.75) is 0 Å². The third-order valence-corrected chi connectivity index (χ3v) is 4.89. The van der Waals surface area contributed by atoms with E-state index >= 15 is 0 Å². The zero-order valence-electron chi connectivity index (χ0n) is 16.8. The Kier molecular flexibility index (Phi) is 4.47. The zero-order chi connectivity index (χ0) is 21.4. The van der Waals surface area contributed by atoms with Gasteiger partial charge in [0.1, 0.15) is 0 Å². The first kappa shape index (κ1) is 18.6. The lowest BCUT2D eigenvalue weighted by Crippen LogP contribution is -2.05. The molecule has 0 saturated heterocycles. The third kappa shape index (κ3) is 3.42. The number of hydrogen-bond acceptors (Lipinski definition) is 7. The molecule has 0 amide bonds. The molecule has 0 unspecified atom stereocenters. The largest absolute Gasteiger partial charge is 0.493 e. The molecule has 9 heteroatoms. The van der Waals surface area contributed by atoms with Crippen molar-refractivity contribution in [1.29, 1.82) is 0 Å². The molecule has 3 heterocycles. The summed E-state index contributed by atoms with van der Waals surface area (Å²) in [5.74, 6) is 1.82. The number of nitrogens with zero attached hydrogens (tertiary/aromatic N) is 4. The number of fused-ring (bicyclic) bond motifs is 2. The van der Waals surface area contributed by atoms with Gasteiger partial charge in [0.05, 0.1) is 37.1 Å². The first-order chi connectivity index (χ1) is 15.1. The number of benzene rings is 2. The molecule has 2 aromatic carbocycles. The van der Waals surface area contributed by atoms with Gasteiger partial charge in [-0.1, -0.05) is 6.07 Å². The van der Waals surface area contributed by atoms with Crippen molar-refractivity contribution >= 4 is 28.2 Å². The van der Waals surface area contributed by atoms with Gasteiger partial charge in [-0.25, -0.2) is 15.0 Å². The molecule has 0 atom stereocenters. The average molecular weight is 414 g/mol. The topological polar surface area (TPSA) is 106 Å². The second-order valence-electron chi connectivity index (χ2n) is 6.81. The SMILES string of the molecule is COc1ccc(Nc2nc(-c3ccc4ncc(=O)[nH]c4c3)cn3ccnc23)cc1OC. The Bertz CT molecular complexity index is 1470. The number of rotatable bonds is 5. The second-order valence-corrected chi connectivity index (χ2v) is 6.81. The molecule has 5 rings (SSSR count). The summed E-state index contributed by atoms with van der Waals surface area (Å²) in [6, 6.07) is 11.1. The van der Waals surface area contributed by atoms with Gasteiger partial charge in [-0.15, -0.1) is 0 Å². The van der Waals surface area contributed by atoms with E-state index in [1.807, 2.05) is 53.2 Å². The highest BCUT2D eigenvalue weighted by Crippen LogP contribution is 2.32. The summed E-state index contributed by atoms with van der Waals surface area (Å²) >= 11 is 0. The fraction of sp³-hybridized carbons (Fsp3) is 0.0909. The third-order valence-electron chi connectivity index (χ3n) is 4.89. The number of ether oxygens (including phenoxy) is 2. The Hall–Kier alpha value is -4.40. The van der Waals surface area contributed by atoms with Gasteiger partial charge >= 0.3 is 0 Å². The van der Waals surface area contributed by atoms with Gasteiger partial charge < -0.3 is 24.2 Å². The molecular formula is C22H18N6O3. The molecule has 0 bridgehead atoms. The molecule has 2 N–H and O–H groups in total. The van der Waals surface area contributed by atoms with Gasteiger partial charge in [0.25, 0.3) is 5.56 Å². The molecule has 0 aliphatic heterocycles. The van der Waals surface area contributed by atoms with Crippen LogP contribution in [-0.2, 0) is 0 Å². The molecule has 0 saturated carbocycles. The summed E-state index contributed by atoms with van der Waals surface area (Å²) in [6.45, 7) is 0. The molecule has 5 aromatic rings. The highest BCUT2D eigenvalue weighted by Gasteiger charge is 2.12. The second kappa shape index (κ2) is 7.45. The number of aromatic amines is 1. The van der Waals surface area contributed by atoms with Crippen LogP contribution in [0.1, 0.15) is 0 Å². The fourth-order valence-corrected chi connectivity index (χ4v) is 3.41. The average Bonchev–Trinajstić information content (AvgIpc) is 3.27. The predicted octanol–water partition coefficient (Wildman–Crippen LogP) is 3.39. The summed E-state index contributed by atoms with van der Waals surface area (Å²) in [5.41, 5.74) is 4.09. The van der Waals surface area contributed by atoms with Gasteiger partial charge in [0.2, 0.25) is 0 Å². The molecule has 154 valence electrons. The number of H-pyrrole nitrogens is 1. The first-order valence-corrected chi connectivity index (χ1v) is 9.47. The number of anilines is 2. The predicted molar refractivity (Wildman–Crippen MR) is 117 cm³/mol. The van der Waals surface area contributed by atoms with Crippen LogP contribution in [0, 0.1) is 0 Å². The Balaban J connectivity index is 1.60. The van der Waals surface area contributed by atoms with E-state index in [1.165, 1.54) is 6.20 Å². The molecule has 0 aliphatic rings. The van der Waals surface area contributed by atoms with Crippen LogP contribution in [0.5, 0.6) is 11.5 Å². The van der Waals surface area contributed by atoms with E-state index in [1.54, 1.807) is 20.4 Å². The van der Waals surface area contributed by atoms with E-state index in [0.29, 0.717) is 39.7 Å². The molecule has 0 aliphatic carbocycles. The van der Waals surface area contributed by atoms with Crippen LogP contribution in [0.3, 0.4) is 0 Å². The summed E-state index contributed by atoms with van der Waals surface area (Å²) in [4.78, 5) is 27.8. The number of methoxy groups -OCH3 is 2. The molecule has 9 nitrogen and oxygen atoms in total. The quantitative estimate of drug-likeness (QED) is 0.454. The van der Waals surface area contributed by atoms with E-state index in [2.05, 4.69) is 20.3 Å². The van der Waals surface area contributed by atoms with E-state index in [0.717, 1.165) is 11.3 Å². The van der Waals surface area contributed by atoms with Crippen LogP contribution in [0.25, 0.3) is 27.9 Å². The van der Waals surface area contributed by atoms with Crippen molar-refractivity contribution in [3.8, 4) is 22.8 Å². The maximum absolute atomic E-state index is 11.7. The highest BCUT2D eigenvalue weighted by atomic mass is 16.5. The van der Waals surface area contributed by atoms with Crippen LogP contribution in [0.2, 0.25) is 0 Å². The highest BCUT2D eigenvalue weighted by molar-refractivity contribution is 5.81. The minimum Gasteiger partial charge on any atom is -0.493 e. The zero-order valence-corrected chi connectivity index (χ0v) is 16.8. The van der Waals surface area contributed by atoms with Crippen molar-refractivity contribution in [2.24, 2.45) is 0 Å². The normalized spacial score (nSPS) is 11.0. The monoisotopic (exact) mass is 414 g/mol. The molecule has 31 heavy (non-hydrogen) atoms. The lowest BCUT2D eigenvalue weighted by atomic mass is 10.1. The smallest absolute Gasteiger partial charge is 0.266 e. The van der Waals surface area contributed by atoms with Gasteiger partial charge in [0.15, 0.2) is 23.0 Å². The minimum absolute atomic E-state index is 0.251. The van der Waals surface area contributed by atoms with Crippen LogP contribution < -0.4 is 20.3 Å². The Morgan fingerprint density at radius 2 is 1.90 bits per heavy atom. The summed E-state index contributed by atoms with van der Waals surface area (Å²) in [7, 11) is 3.18. The molecular weight excluding hydrogens is 396 g/mol. The molecule has 0 fully saturated rings. The maximum atomic E-state index is 11.7. The Morgan fingerprint density at radius 1 is 1.03 bits per heavy atom. The number of imidazole rings is 1. The summed E-state index contributed by atoms with van der Waals surface area (Å²) < 4.78 is 12.6. The summed E-state index contributed by atoms with van der Waals surface area (Å²) in [6.07, 6.45) is 6.72. The van der Waals surface area contributed by atoms with E-state index in [9.17, 15) is 4.79 Å². The van der Waals surface area contributed by atoms with Crippen molar-refractivity contribution in [1.82, 2.24) is 24.3 Å². The molecule has 0 spiro atoms. The maximum Gasteiger partial charge on any atom is 0.266 e. The minimum atomic E-state index is -0.251. The van der Waals surface area contributed by atoms with Crippen LogP contribution in [-0.4, -0.2) is 38.6 Å². The van der Waals surface area contributed by atoms with E-state index in [-0.39, 0.29) is 5.56 Å². The van der Waals surface area contributed by atoms with Gasteiger partial charge in [-0.2, -0.15) is 0 Å². The molecule has 0 radical (unpaired) electrons. The summed E-state index contributed by atoms with van der Waals surface area (Å²) in [5, 5.41) is 3.32. The van der Waals surface area contributed by atoms with Crippen LogP contribution in [0.4, 0.5) is 11.5 Å². The Labute approximate surface area is 176 Å². The van der Waals surface area contributed by atoms with Crippen LogP contribution in [0.15, 0.2) is 66.0 Å². The van der Waals surface area contributed by atoms with Crippen molar-refractivity contribution in [2.75, 3.05) is 19.5 Å². The van der Waals surface area contributed by atoms with Crippen molar-refractivity contribution in [3.63, 3.8) is 0 Å². The van der Waals surface area contributed by atoms with Crippen LogP contribution >= 0.6 is 0 Å². The van der Waals surface area contributed by atoms with Gasteiger partial charge in [0, 0.05) is 35.9 Å². The number of hydrogen-bond donors (Lipinski definition) is 2. The van der Waals surface area contributed by atoms with Crippen molar-refractivity contribution < 1.29 is 9.47 Å². The fourth-order valence-electron chi connectivity index (χ4n) is 3.41. The van der Waals surface area contributed by atoms with Crippen molar-refractivity contribution in [3.05, 3.63) is 71.5 Å². The lowest BCUT2D eigenvalue weighted by molar-refractivity contribution is 0.355.